The fourth-order valence-corrected chi connectivity index (χ4v) is 2.98. The molecule has 0 spiro atoms. The van der Waals surface area contributed by atoms with Gasteiger partial charge in [0.25, 0.3) is 0 Å². The molecule has 0 fully saturated rings. The van der Waals surface area contributed by atoms with E-state index in [-0.39, 0.29) is 11.9 Å². The van der Waals surface area contributed by atoms with Gasteiger partial charge in [0.2, 0.25) is 0 Å². The van der Waals surface area contributed by atoms with Crippen molar-refractivity contribution in [1.82, 2.24) is 0 Å². The SMILES string of the molecule is Cc1ccc(C2CCC(c3ccccc3F)=N2)c(Cl)c1. The maximum absolute atomic E-state index is 13.8. The first-order valence-electron chi connectivity index (χ1n) is 6.73. The topological polar surface area (TPSA) is 12.4 Å². The quantitative estimate of drug-likeness (QED) is 0.728. The molecular weight excluding hydrogens is 273 g/mol. The van der Waals surface area contributed by atoms with Crippen LogP contribution in [-0.2, 0) is 0 Å². The Morgan fingerprint density at radius 2 is 2.00 bits per heavy atom. The van der Waals surface area contributed by atoms with Gasteiger partial charge in [0.15, 0.2) is 0 Å². The molecule has 0 N–H and O–H groups in total. The third-order valence-corrected chi connectivity index (χ3v) is 3.99. The van der Waals surface area contributed by atoms with E-state index in [2.05, 4.69) is 4.99 Å². The zero-order chi connectivity index (χ0) is 14.1. The molecule has 1 heterocycles. The lowest BCUT2D eigenvalue weighted by molar-refractivity contribution is 0.625. The monoisotopic (exact) mass is 287 g/mol. The van der Waals surface area contributed by atoms with Gasteiger partial charge < -0.3 is 0 Å². The third kappa shape index (κ3) is 2.48. The minimum absolute atomic E-state index is 0.0395. The Bertz CT molecular complexity index is 678. The van der Waals surface area contributed by atoms with Crippen molar-refractivity contribution < 1.29 is 4.39 Å². The van der Waals surface area contributed by atoms with Crippen LogP contribution in [-0.4, -0.2) is 5.71 Å². The first-order chi connectivity index (χ1) is 9.65. The lowest BCUT2D eigenvalue weighted by Crippen LogP contribution is -1.99. The second-order valence-corrected chi connectivity index (χ2v) is 5.54. The zero-order valence-corrected chi connectivity index (χ0v) is 12.0. The van der Waals surface area contributed by atoms with Crippen molar-refractivity contribution >= 4 is 17.3 Å². The van der Waals surface area contributed by atoms with Gasteiger partial charge in [0.1, 0.15) is 5.82 Å². The normalized spacial score (nSPS) is 18.1. The van der Waals surface area contributed by atoms with Gasteiger partial charge in [-0.15, -0.1) is 0 Å². The molecule has 0 aliphatic carbocycles. The summed E-state index contributed by atoms with van der Waals surface area (Å²) in [5, 5.41) is 0.744. The molecular formula is C17H15ClFN. The number of nitrogens with zero attached hydrogens (tertiary/aromatic N) is 1. The summed E-state index contributed by atoms with van der Waals surface area (Å²) in [6.07, 6.45) is 1.67. The lowest BCUT2D eigenvalue weighted by atomic mass is 10.0. The van der Waals surface area contributed by atoms with Crippen LogP contribution < -0.4 is 0 Å². The Labute approximate surface area is 123 Å². The highest BCUT2D eigenvalue weighted by molar-refractivity contribution is 6.31. The van der Waals surface area contributed by atoms with Crippen molar-refractivity contribution in [3.8, 4) is 0 Å². The molecule has 0 bridgehead atoms. The van der Waals surface area contributed by atoms with Crippen LogP contribution in [0.15, 0.2) is 47.5 Å². The van der Waals surface area contributed by atoms with Crippen LogP contribution in [0.4, 0.5) is 4.39 Å². The summed E-state index contributed by atoms with van der Waals surface area (Å²) < 4.78 is 13.8. The van der Waals surface area contributed by atoms with Gasteiger partial charge in [-0.05, 0) is 43.0 Å². The van der Waals surface area contributed by atoms with E-state index in [9.17, 15) is 4.39 Å². The molecule has 0 amide bonds. The first-order valence-corrected chi connectivity index (χ1v) is 7.10. The maximum Gasteiger partial charge on any atom is 0.132 e. The van der Waals surface area contributed by atoms with Crippen molar-refractivity contribution in [2.45, 2.75) is 25.8 Å². The maximum atomic E-state index is 13.8. The van der Waals surface area contributed by atoms with E-state index < -0.39 is 0 Å². The summed E-state index contributed by atoms with van der Waals surface area (Å²) >= 11 is 6.29. The van der Waals surface area contributed by atoms with Gasteiger partial charge in [-0.3, -0.25) is 4.99 Å². The molecule has 0 saturated heterocycles. The van der Waals surface area contributed by atoms with Crippen molar-refractivity contribution in [3.63, 3.8) is 0 Å². The Morgan fingerprint density at radius 1 is 1.20 bits per heavy atom. The highest BCUT2D eigenvalue weighted by Crippen LogP contribution is 2.35. The first kappa shape index (κ1) is 13.3. The van der Waals surface area contributed by atoms with E-state index in [1.54, 1.807) is 12.1 Å². The van der Waals surface area contributed by atoms with Crippen LogP contribution in [0.2, 0.25) is 5.02 Å². The van der Waals surface area contributed by atoms with Gasteiger partial charge >= 0.3 is 0 Å². The Hall–Kier alpha value is -1.67. The van der Waals surface area contributed by atoms with Crippen LogP contribution in [0.1, 0.15) is 35.6 Å². The molecule has 3 rings (SSSR count). The smallest absolute Gasteiger partial charge is 0.132 e. The standard InChI is InChI=1S/C17H15ClFN/c1-11-6-7-12(14(18)10-11)16-8-9-17(20-16)13-4-2-3-5-15(13)19/h2-7,10,16H,8-9H2,1H3. The molecule has 1 aliphatic heterocycles. The number of halogens is 2. The fourth-order valence-electron chi connectivity index (χ4n) is 2.62. The summed E-state index contributed by atoms with van der Waals surface area (Å²) in [5.74, 6) is -0.207. The van der Waals surface area contributed by atoms with Gasteiger partial charge in [-0.1, -0.05) is 41.9 Å². The summed E-state index contributed by atoms with van der Waals surface area (Å²) in [4.78, 5) is 4.67. The van der Waals surface area contributed by atoms with Crippen molar-refractivity contribution in [2.75, 3.05) is 0 Å². The lowest BCUT2D eigenvalue weighted by Gasteiger charge is -2.09. The number of aliphatic imine (C=N–C) groups is 1. The molecule has 1 nitrogen and oxygen atoms in total. The average Bonchev–Trinajstić information content (AvgIpc) is 2.88. The molecule has 2 aromatic rings. The van der Waals surface area contributed by atoms with E-state index in [4.69, 9.17) is 11.6 Å². The predicted molar refractivity (Wildman–Crippen MR) is 81.1 cm³/mol. The van der Waals surface area contributed by atoms with Gasteiger partial charge in [0, 0.05) is 16.3 Å². The molecule has 20 heavy (non-hydrogen) atoms. The van der Waals surface area contributed by atoms with E-state index in [1.165, 1.54) is 6.07 Å². The van der Waals surface area contributed by atoms with E-state index in [1.807, 2.05) is 31.2 Å². The third-order valence-electron chi connectivity index (χ3n) is 3.67. The molecule has 1 aliphatic rings. The van der Waals surface area contributed by atoms with Crippen LogP contribution >= 0.6 is 11.6 Å². The summed E-state index contributed by atoms with van der Waals surface area (Å²) in [6, 6.07) is 12.9. The molecule has 102 valence electrons. The van der Waals surface area contributed by atoms with Crippen LogP contribution in [0.3, 0.4) is 0 Å². The van der Waals surface area contributed by atoms with E-state index in [0.29, 0.717) is 5.56 Å². The summed E-state index contributed by atoms with van der Waals surface area (Å²) in [7, 11) is 0. The number of hydrogen-bond acceptors (Lipinski definition) is 1. The molecule has 2 aromatic carbocycles. The van der Waals surface area contributed by atoms with Gasteiger partial charge in [-0.2, -0.15) is 0 Å². The van der Waals surface area contributed by atoms with Crippen LogP contribution in [0, 0.1) is 12.7 Å². The predicted octanol–water partition coefficient (Wildman–Crippen LogP) is 5.11. The van der Waals surface area contributed by atoms with Crippen molar-refractivity contribution in [3.05, 3.63) is 70.0 Å². The molecule has 0 radical (unpaired) electrons. The van der Waals surface area contributed by atoms with E-state index >= 15 is 0 Å². The van der Waals surface area contributed by atoms with Crippen LogP contribution in [0.5, 0.6) is 0 Å². The van der Waals surface area contributed by atoms with E-state index in [0.717, 1.165) is 34.7 Å². The highest BCUT2D eigenvalue weighted by atomic mass is 35.5. The Morgan fingerprint density at radius 3 is 2.75 bits per heavy atom. The number of rotatable bonds is 2. The number of aryl methyl sites for hydroxylation is 1. The fraction of sp³-hybridized carbons (Fsp3) is 0.235. The zero-order valence-electron chi connectivity index (χ0n) is 11.2. The van der Waals surface area contributed by atoms with Gasteiger partial charge in [-0.25, -0.2) is 4.39 Å². The number of hydrogen-bond donors (Lipinski definition) is 0. The minimum Gasteiger partial charge on any atom is -0.281 e. The summed E-state index contributed by atoms with van der Waals surface area (Å²) in [5.41, 5.74) is 3.61. The molecule has 1 unspecified atom stereocenters. The van der Waals surface area contributed by atoms with Crippen LogP contribution in [0.25, 0.3) is 0 Å². The van der Waals surface area contributed by atoms with Crippen molar-refractivity contribution in [1.29, 1.82) is 0 Å². The van der Waals surface area contributed by atoms with Crippen molar-refractivity contribution in [2.24, 2.45) is 4.99 Å². The van der Waals surface area contributed by atoms with Gasteiger partial charge in [0.05, 0.1) is 6.04 Å². The highest BCUT2D eigenvalue weighted by Gasteiger charge is 2.23. The second kappa shape index (κ2) is 5.37. The Balaban J connectivity index is 1.94. The molecule has 0 saturated carbocycles. The number of benzene rings is 2. The average molecular weight is 288 g/mol. The largest absolute Gasteiger partial charge is 0.281 e. The molecule has 1 atom stereocenters. The summed E-state index contributed by atoms with van der Waals surface area (Å²) in [6.45, 7) is 2.01. The minimum atomic E-state index is -0.207. The second-order valence-electron chi connectivity index (χ2n) is 5.14. The Kier molecular flexibility index (Phi) is 3.58. The molecule has 3 heteroatoms. The molecule has 0 aromatic heterocycles.